The van der Waals surface area contributed by atoms with Crippen molar-refractivity contribution in [3.63, 3.8) is 0 Å². The van der Waals surface area contributed by atoms with E-state index in [9.17, 15) is 4.79 Å². The Hall–Kier alpha value is -2.90. The lowest BCUT2D eigenvalue weighted by atomic mass is 10.0. The van der Waals surface area contributed by atoms with Crippen molar-refractivity contribution >= 4 is 22.8 Å². The van der Waals surface area contributed by atoms with Gasteiger partial charge < -0.3 is 14.8 Å². The van der Waals surface area contributed by atoms with Crippen LogP contribution < -0.4 is 4.90 Å². The molecular weight excluding hydrogens is 306 g/mol. The number of anilines is 1. The highest BCUT2D eigenvalue weighted by Crippen LogP contribution is 2.26. The summed E-state index contributed by atoms with van der Waals surface area (Å²) in [5, 5.41) is 7.61. The predicted octanol–water partition coefficient (Wildman–Crippen LogP) is 1.42. The zero-order chi connectivity index (χ0) is 16.5. The molecule has 4 rings (SSSR count). The molecule has 8 nitrogen and oxygen atoms in total. The number of amides is 1. The minimum absolute atomic E-state index is 0.0173. The van der Waals surface area contributed by atoms with Crippen LogP contribution in [0.4, 0.5) is 5.82 Å². The fraction of sp³-hybridized carbons (Fsp3) is 0.375. The molecular formula is C16H19N7O. The molecule has 0 aromatic carbocycles. The monoisotopic (exact) mass is 325 g/mol. The Morgan fingerprint density at radius 3 is 2.88 bits per heavy atom. The van der Waals surface area contributed by atoms with Gasteiger partial charge in [0.1, 0.15) is 23.5 Å². The molecule has 0 saturated carbocycles. The third-order valence-electron chi connectivity index (χ3n) is 4.70. The number of aromatic amines is 2. The molecule has 0 aliphatic carbocycles. The zero-order valence-electron chi connectivity index (χ0n) is 13.4. The molecule has 0 atom stereocenters. The van der Waals surface area contributed by atoms with Crippen LogP contribution in [0.15, 0.2) is 30.9 Å². The number of piperidine rings is 1. The molecule has 4 heterocycles. The summed E-state index contributed by atoms with van der Waals surface area (Å²) in [7, 11) is 2.06. The number of H-pyrrole nitrogens is 2. The summed E-state index contributed by atoms with van der Waals surface area (Å²) in [5.74, 6) is 0.947. The largest absolute Gasteiger partial charge is 0.356 e. The Labute approximate surface area is 138 Å². The van der Waals surface area contributed by atoms with E-state index in [1.807, 2.05) is 17.2 Å². The van der Waals surface area contributed by atoms with E-state index in [-0.39, 0.29) is 5.91 Å². The Morgan fingerprint density at radius 2 is 2.12 bits per heavy atom. The van der Waals surface area contributed by atoms with Crippen LogP contribution in [0.3, 0.4) is 0 Å². The highest BCUT2D eigenvalue weighted by molar-refractivity contribution is 5.92. The van der Waals surface area contributed by atoms with Gasteiger partial charge in [-0.05, 0) is 25.0 Å². The topological polar surface area (TPSA) is 93.8 Å². The average molecular weight is 325 g/mol. The molecule has 2 N–H and O–H groups in total. The van der Waals surface area contributed by atoms with Gasteiger partial charge in [0.25, 0.3) is 5.91 Å². The van der Waals surface area contributed by atoms with Crippen molar-refractivity contribution in [3.8, 4) is 0 Å². The maximum absolute atomic E-state index is 12.4. The fourth-order valence-corrected chi connectivity index (χ4v) is 3.31. The zero-order valence-corrected chi connectivity index (χ0v) is 13.4. The fourth-order valence-electron chi connectivity index (χ4n) is 3.31. The van der Waals surface area contributed by atoms with E-state index >= 15 is 0 Å². The number of aromatic nitrogens is 5. The first-order valence-electron chi connectivity index (χ1n) is 8.03. The second-order valence-electron chi connectivity index (χ2n) is 6.04. The van der Waals surface area contributed by atoms with Gasteiger partial charge in [-0.15, -0.1) is 0 Å². The maximum atomic E-state index is 12.4. The van der Waals surface area contributed by atoms with Crippen LogP contribution in [0.2, 0.25) is 0 Å². The van der Waals surface area contributed by atoms with Crippen LogP contribution >= 0.6 is 0 Å². The maximum Gasteiger partial charge on any atom is 0.271 e. The van der Waals surface area contributed by atoms with Gasteiger partial charge in [0.15, 0.2) is 0 Å². The summed E-state index contributed by atoms with van der Waals surface area (Å²) >= 11 is 0. The van der Waals surface area contributed by atoms with Crippen LogP contribution in [0.1, 0.15) is 23.3 Å². The van der Waals surface area contributed by atoms with Gasteiger partial charge in [-0.3, -0.25) is 9.89 Å². The molecule has 1 aliphatic heterocycles. The summed E-state index contributed by atoms with van der Waals surface area (Å²) in [6.07, 6.45) is 6.88. The van der Waals surface area contributed by atoms with Crippen molar-refractivity contribution in [2.75, 3.05) is 25.0 Å². The van der Waals surface area contributed by atoms with E-state index in [0.29, 0.717) is 11.7 Å². The number of hydrogen-bond donors (Lipinski definition) is 2. The molecule has 0 radical (unpaired) electrons. The SMILES string of the molecule is CN(c1ncnc2[nH]ccc12)C1CCN(C(=O)c2ccn[nH]2)CC1. The molecule has 8 heteroatoms. The summed E-state index contributed by atoms with van der Waals surface area (Å²) in [6, 6.07) is 4.06. The Bertz CT molecular complexity index is 833. The third-order valence-corrected chi connectivity index (χ3v) is 4.70. The average Bonchev–Trinajstić information content (AvgIpc) is 3.31. The van der Waals surface area contributed by atoms with E-state index in [1.165, 1.54) is 0 Å². The van der Waals surface area contributed by atoms with Crippen LogP contribution in [-0.4, -0.2) is 62.1 Å². The van der Waals surface area contributed by atoms with Crippen molar-refractivity contribution in [2.24, 2.45) is 0 Å². The molecule has 0 unspecified atom stereocenters. The van der Waals surface area contributed by atoms with E-state index in [0.717, 1.165) is 42.8 Å². The Morgan fingerprint density at radius 1 is 1.29 bits per heavy atom. The lowest BCUT2D eigenvalue weighted by Crippen LogP contribution is -2.46. The number of hydrogen-bond acceptors (Lipinski definition) is 5. The molecule has 3 aromatic rings. The Kier molecular flexibility index (Phi) is 3.64. The Balaban J connectivity index is 1.46. The van der Waals surface area contributed by atoms with E-state index in [4.69, 9.17) is 0 Å². The van der Waals surface area contributed by atoms with Gasteiger partial charge in [-0.25, -0.2) is 9.97 Å². The normalized spacial score (nSPS) is 15.8. The minimum atomic E-state index is 0.0173. The molecule has 1 saturated heterocycles. The number of likely N-dealkylation sites (tertiary alicyclic amines) is 1. The minimum Gasteiger partial charge on any atom is -0.356 e. The first-order chi connectivity index (χ1) is 11.7. The van der Waals surface area contributed by atoms with Crippen LogP contribution in [0.5, 0.6) is 0 Å². The molecule has 124 valence electrons. The quantitative estimate of drug-likeness (QED) is 0.759. The van der Waals surface area contributed by atoms with Crippen molar-refractivity contribution in [2.45, 2.75) is 18.9 Å². The van der Waals surface area contributed by atoms with Gasteiger partial charge in [-0.1, -0.05) is 0 Å². The highest BCUT2D eigenvalue weighted by Gasteiger charge is 2.27. The number of nitrogens with one attached hydrogen (secondary N) is 2. The smallest absolute Gasteiger partial charge is 0.271 e. The molecule has 24 heavy (non-hydrogen) atoms. The standard InChI is InChI=1S/C16H19N7O/c1-22(15-12-2-6-17-14(12)18-10-19-15)11-4-8-23(9-5-11)16(24)13-3-7-20-21-13/h2-3,6-7,10-11H,4-5,8-9H2,1H3,(H,20,21)(H,17,18,19). The second kappa shape index (κ2) is 5.95. The van der Waals surface area contributed by atoms with Gasteiger partial charge in [-0.2, -0.15) is 5.10 Å². The second-order valence-corrected chi connectivity index (χ2v) is 6.04. The van der Waals surface area contributed by atoms with Gasteiger partial charge in [0, 0.05) is 38.6 Å². The van der Waals surface area contributed by atoms with Crippen LogP contribution in [0.25, 0.3) is 11.0 Å². The highest BCUT2D eigenvalue weighted by atomic mass is 16.2. The van der Waals surface area contributed by atoms with Gasteiger partial charge >= 0.3 is 0 Å². The third kappa shape index (κ3) is 2.49. The molecule has 3 aromatic heterocycles. The van der Waals surface area contributed by atoms with Crippen molar-refractivity contribution < 1.29 is 4.79 Å². The van der Waals surface area contributed by atoms with Crippen molar-refractivity contribution in [1.82, 2.24) is 30.0 Å². The van der Waals surface area contributed by atoms with Crippen molar-refractivity contribution in [1.29, 1.82) is 0 Å². The molecule has 1 fully saturated rings. The number of carbonyl (C=O) groups excluding carboxylic acids is 1. The number of rotatable bonds is 3. The summed E-state index contributed by atoms with van der Waals surface area (Å²) in [4.78, 5) is 28.2. The van der Waals surface area contributed by atoms with E-state index in [2.05, 4.69) is 37.1 Å². The van der Waals surface area contributed by atoms with E-state index in [1.54, 1.807) is 18.6 Å². The molecule has 1 aliphatic rings. The first kappa shape index (κ1) is 14.7. The van der Waals surface area contributed by atoms with Crippen LogP contribution in [-0.2, 0) is 0 Å². The lowest BCUT2D eigenvalue weighted by molar-refractivity contribution is 0.0707. The number of nitrogens with zero attached hydrogens (tertiary/aromatic N) is 5. The number of carbonyl (C=O) groups is 1. The summed E-state index contributed by atoms with van der Waals surface area (Å²) in [6.45, 7) is 1.46. The first-order valence-corrected chi connectivity index (χ1v) is 8.03. The molecule has 0 spiro atoms. The molecule has 0 bridgehead atoms. The summed E-state index contributed by atoms with van der Waals surface area (Å²) in [5.41, 5.74) is 1.39. The van der Waals surface area contributed by atoms with Gasteiger partial charge in [0.2, 0.25) is 0 Å². The molecule has 1 amide bonds. The van der Waals surface area contributed by atoms with Crippen LogP contribution in [0, 0.1) is 0 Å². The summed E-state index contributed by atoms with van der Waals surface area (Å²) < 4.78 is 0. The predicted molar refractivity (Wildman–Crippen MR) is 89.8 cm³/mol. The number of fused-ring (bicyclic) bond motifs is 1. The van der Waals surface area contributed by atoms with Gasteiger partial charge in [0.05, 0.1) is 5.39 Å². The van der Waals surface area contributed by atoms with E-state index < -0.39 is 0 Å². The lowest BCUT2D eigenvalue weighted by Gasteiger charge is -2.37. The van der Waals surface area contributed by atoms with Crippen molar-refractivity contribution in [3.05, 3.63) is 36.5 Å².